The zero-order chi connectivity index (χ0) is 13.5. The first-order chi connectivity index (χ1) is 8.62. The van der Waals surface area contributed by atoms with E-state index >= 15 is 0 Å². The summed E-state index contributed by atoms with van der Waals surface area (Å²) in [6, 6.07) is 5.96. The molecule has 2 atom stereocenters. The maximum Gasteiger partial charge on any atom is 0.122 e. The highest BCUT2D eigenvalue weighted by molar-refractivity contribution is 9.10. The van der Waals surface area contributed by atoms with Gasteiger partial charge in [-0.1, -0.05) is 22.9 Å². The number of hydrogen-bond acceptors (Lipinski definition) is 3. The number of ether oxygens (including phenoxy) is 2. The molecule has 18 heavy (non-hydrogen) atoms. The summed E-state index contributed by atoms with van der Waals surface area (Å²) in [6.45, 7) is 4.79. The van der Waals surface area contributed by atoms with E-state index in [9.17, 15) is 0 Å². The Labute approximate surface area is 118 Å². The number of nitrogens with two attached hydrogens (primary N) is 1. The minimum Gasteiger partial charge on any atom is -0.496 e. The molecule has 1 rings (SSSR count). The molecule has 0 saturated carbocycles. The fourth-order valence-corrected chi connectivity index (χ4v) is 2.46. The number of benzene rings is 1. The van der Waals surface area contributed by atoms with Crippen LogP contribution in [0, 0.1) is 0 Å². The second-order valence-electron chi connectivity index (χ2n) is 4.23. The van der Waals surface area contributed by atoms with Crippen LogP contribution in [0.5, 0.6) is 5.75 Å². The van der Waals surface area contributed by atoms with E-state index in [1.807, 2.05) is 19.1 Å². The predicted molar refractivity (Wildman–Crippen MR) is 78.1 cm³/mol. The third kappa shape index (κ3) is 4.26. The second-order valence-corrected chi connectivity index (χ2v) is 5.14. The van der Waals surface area contributed by atoms with Gasteiger partial charge in [-0.3, -0.25) is 0 Å². The molecule has 2 unspecified atom stereocenters. The first-order valence-corrected chi connectivity index (χ1v) is 7.11. The Bertz CT molecular complexity index is 371. The Hall–Kier alpha value is -0.580. The molecular weight excluding hydrogens is 294 g/mol. The molecule has 0 spiro atoms. The Morgan fingerprint density at radius 1 is 1.33 bits per heavy atom. The largest absolute Gasteiger partial charge is 0.496 e. The monoisotopic (exact) mass is 315 g/mol. The molecule has 2 N–H and O–H groups in total. The van der Waals surface area contributed by atoms with Gasteiger partial charge in [0, 0.05) is 17.1 Å². The van der Waals surface area contributed by atoms with Crippen LogP contribution in [0.3, 0.4) is 0 Å². The summed E-state index contributed by atoms with van der Waals surface area (Å²) in [4.78, 5) is 0. The maximum absolute atomic E-state index is 6.22. The van der Waals surface area contributed by atoms with Crippen LogP contribution in [0.4, 0.5) is 0 Å². The lowest BCUT2D eigenvalue weighted by Crippen LogP contribution is -2.38. The Morgan fingerprint density at radius 2 is 2.06 bits per heavy atom. The van der Waals surface area contributed by atoms with Gasteiger partial charge in [-0.05, 0) is 43.5 Å². The molecule has 0 aliphatic heterocycles. The third-order valence-corrected chi connectivity index (χ3v) is 3.45. The summed E-state index contributed by atoms with van der Waals surface area (Å²) in [7, 11) is 1.68. The second kappa shape index (κ2) is 7.77. The quantitative estimate of drug-likeness (QED) is 0.840. The highest BCUT2D eigenvalue weighted by Gasteiger charge is 2.18. The van der Waals surface area contributed by atoms with Gasteiger partial charge in [-0.2, -0.15) is 0 Å². The zero-order valence-electron chi connectivity index (χ0n) is 11.3. The molecule has 0 fully saturated rings. The molecule has 1 aromatic rings. The third-order valence-electron chi connectivity index (χ3n) is 2.96. The minimum absolute atomic E-state index is 0.0156. The van der Waals surface area contributed by atoms with Crippen molar-refractivity contribution in [2.45, 2.75) is 38.8 Å². The first-order valence-electron chi connectivity index (χ1n) is 6.31. The van der Waals surface area contributed by atoms with Crippen LogP contribution in [0.25, 0.3) is 0 Å². The van der Waals surface area contributed by atoms with Crippen molar-refractivity contribution in [2.75, 3.05) is 13.7 Å². The van der Waals surface area contributed by atoms with Crippen LogP contribution >= 0.6 is 15.9 Å². The number of halogens is 1. The fraction of sp³-hybridized carbons (Fsp3) is 0.571. The maximum atomic E-state index is 6.22. The summed E-state index contributed by atoms with van der Waals surface area (Å²) < 4.78 is 12.0. The molecule has 0 aliphatic carbocycles. The summed E-state index contributed by atoms with van der Waals surface area (Å²) >= 11 is 3.47. The summed E-state index contributed by atoms with van der Waals surface area (Å²) in [5.41, 5.74) is 7.33. The van der Waals surface area contributed by atoms with Crippen molar-refractivity contribution < 1.29 is 9.47 Å². The van der Waals surface area contributed by atoms with E-state index in [1.165, 1.54) is 0 Å². The van der Waals surface area contributed by atoms with Crippen LogP contribution in [0.15, 0.2) is 22.7 Å². The molecule has 1 aromatic carbocycles. The molecule has 0 amide bonds. The smallest absolute Gasteiger partial charge is 0.122 e. The molecule has 0 aromatic heterocycles. The van der Waals surface area contributed by atoms with E-state index in [1.54, 1.807) is 7.11 Å². The highest BCUT2D eigenvalue weighted by Crippen LogP contribution is 2.24. The lowest BCUT2D eigenvalue weighted by molar-refractivity contribution is 0.0416. The van der Waals surface area contributed by atoms with Gasteiger partial charge in [-0.15, -0.1) is 0 Å². The van der Waals surface area contributed by atoms with Crippen LogP contribution in [-0.4, -0.2) is 25.9 Å². The summed E-state index contributed by atoms with van der Waals surface area (Å²) in [5, 5.41) is 0. The SMILES string of the molecule is CCOC(CC)C(N)Cc1cc(Br)ccc1OC. The van der Waals surface area contributed by atoms with Gasteiger partial charge >= 0.3 is 0 Å². The molecule has 3 nitrogen and oxygen atoms in total. The zero-order valence-corrected chi connectivity index (χ0v) is 12.9. The van der Waals surface area contributed by atoms with E-state index < -0.39 is 0 Å². The topological polar surface area (TPSA) is 44.5 Å². The predicted octanol–water partition coefficient (Wildman–Crippen LogP) is 3.14. The van der Waals surface area contributed by atoms with E-state index in [-0.39, 0.29) is 12.1 Å². The lowest BCUT2D eigenvalue weighted by Gasteiger charge is -2.23. The van der Waals surface area contributed by atoms with Crippen molar-refractivity contribution in [2.24, 2.45) is 5.73 Å². The van der Waals surface area contributed by atoms with Crippen LogP contribution in [0.2, 0.25) is 0 Å². The van der Waals surface area contributed by atoms with Crippen molar-refractivity contribution in [3.63, 3.8) is 0 Å². The number of hydrogen-bond donors (Lipinski definition) is 1. The van der Waals surface area contributed by atoms with E-state index in [2.05, 4.69) is 28.9 Å². The van der Waals surface area contributed by atoms with Gasteiger partial charge < -0.3 is 15.2 Å². The van der Waals surface area contributed by atoms with E-state index in [0.717, 1.165) is 28.6 Å². The average Bonchev–Trinajstić information content (AvgIpc) is 2.36. The molecule has 0 radical (unpaired) electrons. The van der Waals surface area contributed by atoms with Gasteiger partial charge in [0.05, 0.1) is 13.2 Å². The molecule has 102 valence electrons. The Balaban J connectivity index is 2.79. The number of rotatable bonds is 7. The van der Waals surface area contributed by atoms with Gasteiger partial charge in [0.25, 0.3) is 0 Å². The summed E-state index contributed by atoms with van der Waals surface area (Å²) in [5.74, 6) is 0.875. The standard InChI is InChI=1S/C14H22BrNO2/c1-4-13(18-5-2)12(16)9-10-8-11(15)6-7-14(10)17-3/h6-8,12-13H,4-5,9,16H2,1-3H3. The molecule has 4 heteroatoms. The van der Waals surface area contributed by atoms with Crippen molar-refractivity contribution >= 4 is 15.9 Å². The van der Waals surface area contributed by atoms with Gasteiger partial charge in [0.1, 0.15) is 5.75 Å². The molecule has 0 bridgehead atoms. The molecule has 0 aliphatic rings. The molecule has 0 saturated heterocycles. The van der Waals surface area contributed by atoms with Crippen LogP contribution < -0.4 is 10.5 Å². The van der Waals surface area contributed by atoms with E-state index in [4.69, 9.17) is 15.2 Å². The van der Waals surface area contributed by atoms with Crippen LogP contribution in [0.1, 0.15) is 25.8 Å². The highest BCUT2D eigenvalue weighted by atomic mass is 79.9. The van der Waals surface area contributed by atoms with Crippen LogP contribution in [-0.2, 0) is 11.2 Å². The fourth-order valence-electron chi connectivity index (χ4n) is 2.05. The normalized spacial score (nSPS) is 14.3. The lowest BCUT2D eigenvalue weighted by atomic mass is 10.00. The molecule has 0 heterocycles. The molecular formula is C14H22BrNO2. The van der Waals surface area contributed by atoms with Crippen molar-refractivity contribution in [3.05, 3.63) is 28.2 Å². The Kier molecular flexibility index (Phi) is 6.68. The average molecular weight is 316 g/mol. The van der Waals surface area contributed by atoms with Crippen molar-refractivity contribution in [1.82, 2.24) is 0 Å². The Morgan fingerprint density at radius 3 is 2.61 bits per heavy atom. The van der Waals surface area contributed by atoms with Crippen molar-refractivity contribution in [1.29, 1.82) is 0 Å². The first kappa shape index (κ1) is 15.5. The number of methoxy groups -OCH3 is 1. The van der Waals surface area contributed by atoms with Gasteiger partial charge in [0.2, 0.25) is 0 Å². The van der Waals surface area contributed by atoms with Gasteiger partial charge in [-0.25, -0.2) is 0 Å². The summed E-state index contributed by atoms with van der Waals surface area (Å²) in [6.07, 6.45) is 1.77. The minimum atomic E-state index is -0.0156. The van der Waals surface area contributed by atoms with Crippen molar-refractivity contribution in [3.8, 4) is 5.75 Å². The van der Waals surface area contributed by atoms with Gasteiger partial charge in [0.15, 0.2) is 0 Å². The van der Waals surface area contributed by atoms with E-state index in [0.29, 0.717) is 6.61 Å².